The molecule has 0 atom stereocenters. The highest BCUT2D eigenvalue weighted by atomic mass is 35.5. The SMILES string of the molecule is C=CCNC(=O)CN(Cc1ccc(Cl)cc1)C(C)=O. The maximum Gasteiger partial charge on any atom is 0.239 e. The van der Waals surface area contributed by atoms with Crippen LogP contribution in [0, 0.1) is 0 Å². The van der Waals surface area contributed by atoms with Gasteiger partial charge in [0.05, 0.1) is 6.54 Å². The molecule has 0 aliphatic carbocycles. The molecule has 0 radical (unpaired) electrons. The largest absolute Gasteiger partial charge is 0.351 e. The van der Waals surface area contributed by atoms with Crippen LogP contribution >= 0.6 is 11.6 Å². The monoisotopic (exact) mass is 280 g/mol. The Morgan fingerprint density at radius 3 is 2.53 bits per heavy atom. The molecule has 1 aromatic rings. The van der Waals surface area contributed by atoms with Crippen LogP contribution in [0.1, 0.15) is 12.5 Å². The standard InChI is InChI=1S/C14H17ClN2O2/c1-3-8-16-14(19)10-17(11(2)18)9-12-4-6-13(15)7-5-12/h3-7H,1,8-10H2,2H3,(H,16,19). The van der Waals surface area contributed by atoms with E-state index in [4.69, 9.17) is 11.6 Å². The summed E-state index contributed by atoms with van der Waals surface area (Å²) in [5.41, 5.74) is 0.927. The number of rotatable bonds is 6. The predicted octanol–water partition coefficient (Wildman–Crippen LogP) is 1.99. The van der Waals surface area contributed by atoms with Gasteiger partial charge in [-0.25, -0.2) is 0 Å². The molecular weight excluding hydrogens is 264 g/mol. The number of carbonyl (C=O) groups is 2. The topological polar surface area (TPSA) is 49.4 Å². The fraction of sp³-hybridized carbons (Fsp3) is 0.286. The summed E-state index contributed by atoms with van der Waals surface area (Å²) in [6, 6.07) is 7.18. The van der Waals surface area contributed by atoms with Crippen molar-refractivity contribution in [2.24, 2.45) is 0 Å². The molecule has 19 heavy (non-hydrogen) atoms. The lowest BCUT2D eigenvalue weighted by Gasteiger charge is -2.20. The zero-order chi connectivity index (χ0) is 14.3. The molecule has 1 aromatic carbocycles. The molecule has 1 rings (SSSR count). The minimum Gasteiger partial charge on any atom is -0.351 e. The third kappa shape index (κ3) is 5.57. The molecule has 5 heteroatoms. The number of amides is 2. The van der Waals surface area contributed by atoms with E-state index in [1.165, 1.54) is 11.8 Å². The minimum atomic E-state index is -0.205. The van der Waals surface area contributed by atoms with E-state index in [0.717, 1.165) is 5.56 Å². The van der Waals surface area contributed by atoms with Gasteiger partial charge in [-0.3, -0.25) is 9.59 Å². The molecule has 2 amide bonds. The first-order valence-corrected chi connectivity index (χ1v) is 6.28. The van der Waals surface area contributed by atoms with Crippen LogP contribution in [0.3, 0.4) is 0 Å². The van der Waals surface area contributed by atoms with E-state index in [0.29, 0.717) is 18.1 Å². The second-order valence-electron chi connectivity index (χ2n) is 4.09. The smallest absolute Gasteiger partial charge is 0.239 e. The second-order valence-corrected chi connectivity index (χ2v) is 4.53. The second kappa shape index (κ2) is 7.59. The lowest BCUT2D eigenvalue weighted by atomic mass is 10.2. The molecule has 1 N–H and O–H groups in total. The first-order chi connectivity index (χ1) is 9.02. The third-order valence-electron chi connectivity index (χ3n) is 2.51. The zero-order valence-electron chi connectivity index (χ0n) is 10.9. The minimum absolute atomic E-state index is 0.0335. The van der Waals surface area contributed by atoms with Gasteiger partial charge >= 0.3 is 0 Å². The molecule has 102 valence electrons. The predicted molar refractivity (Wildman–Crippen MR) is 75.7 cm³/mol. The Kier molecular flexibility index (Phi) is 6.09. The molecule has 0 aliphatic heterocycles. The molecule has 0 fully saturated rings. The number of hydrogen-bond donors (Lipinski definition) is 1. The summed E-state index contributed by atoms with van der Waals surface area (Å²) in [6.07, 6.45) is 1.59. The Balaban J connectivity index is 2.62. The van der Waals surface area contributed by atoms with Gasteiger partial charge in [-0.15, -0.1) is 6.58 Å². The van der Waals surface area contributed by atoms with Crippen molar-refractivity contribution < 1.29 is 9.59 Å². The molecule has 0 saturated heterocycles. The van der Waals surface area contributed by atoms with Crippen molar-refractivity contribution in [1.82, 2.24) is 10.2 Å². The van der Waals surface area contributed by atoms with Crippen molar-refractivity contribution in [2.45, 2.75) is 13.5 Å². The maximum atomic E-state index is 11.6. The van der Waals surface area contributed by atoms with Gasteiger partial charge in [0, 0.05) is 25.0 Å². The number of carbonyl (C=O) groups excluding carboxylic acids is 2. The van der Waals surface area contributed by atoms with E-state index < -0.39 is 0 Å². The van der Waals surface area contributed by atoms with Crippen LogP contribution in [0.15, 0.2) is 36.9 Å². The van der Waals surface area contributed by atoms with Gasteiger partial charge in [0.25, 0.3) is 0 Å². The maximum absolute atomic E-state index is 11.6. The first-order valence-electron chi connectivity index (χ1n) is 5.90. The van der Waals surface area contributed by atoms with Gasteiger partial charge < -0.3 is 10.2 Å². The normalized spacial score (nSPS) is 9.79. The van der Waals surface area contributed by atoms with Gasteiger partial charge in [-0.1, -0.05) is 29.8 Å². The van der Waals surface area contributed by atoms with Crippen molar-refractivity contribution >= 4 is 23.4 Å². The van der Waals surface area contributed by atoms with E-state index in [2.05, 4.69) is 11.9 Å². The number of nitrogens with zero attached hydrogens (tertiary/aromatic N) is 1. The molecule has 4 nitrogen and oxygen atoms in total. The Labute approximate surface area is 118 Å². The van der Waals surface area contributed by atoms with E-state index >= 15 is 0 Å². The van der Waals surface area contributed by atoms with Gasteiger partial charge in [-0.2, -0.15) is 0 Å². The lowest BCUT2D eigenvalue weighted by molar-refractivity contribution is -0.134. The first kappa shape index (κ1) is 15.2. The molecule has 0 aliphatic rings. The van der Waals surface area contributed by atoms with Gasteiger partial charge in [0.15, 0.2) is 0 Å². The van der Waals surface area contributed by atoms with Crippen LogP contribution in [0.4, 0.5) is 0 Å². The Hall–Kier alpha value is -1.81. The summed E-state index contributed by atoms with van der Waals surface area (Å²) in [7, 11) is 0. The van der Waals surface area contributed by atoms with Gasteiger partial charge in [0.1, 0.15) is 0 Å². The average Bonchev–Trinajstić information content (AvgIpc) is 2.38. The third-order valence-corrected chi connectivity index (χ3v) is 2.76. The quantitative estimate of drug-likeness (QED) is 0.810. The molecule has 0 unspecified atom stereocenters. The van der Waals surface area contributed by atoms with Crippen molar-refractivity contribution in [3.05, 3.63) is 47.5 Å². The van der Waals surface area contributed by atoms with Crippen LogP contribution in [0.25, 0.3) is 0 Å². The van der Waals surface area contributed by atoms with Crippen LogP contribution < -0.4 is 5.32 Å². The molecule has 0 heterocycles. The Morgan fingerprint density at radius 2 is 2.00 bits per heavy atom. The molecular formula is C14H17ClN2O2. The molecule has 0 spiro atoms. The molecule has 0 bridgehead atoms. The summed E-state index contributed by atoms with van der Waals surface area (Å²) in [5, 5.41) is 3.28. The number of hydrogen-bond acceptors (Lipinski definition) is 2. The van der Waals surface area contributed by atoms with E-state index in [-0.39, 0.29) is 18.4 Å². The van der Waals surface area contributed by atoms with Gasteiger partial charge in [0.2, 0.25) is 11.8 Å². The average molecular weight is 281 g/mol. The van der Waals surface area contributed by atoms with Crippen LogP contribution in [0.2, 0.25) is 5.02 Å². The van der Waals surface area contributed by atoms with Crippen molar-refractivity contribution in [3.63, 3.8) is 0 Å². The molecule has 0 aromatic heterocycles. The van der Waals surface area contributed by atoms with Crippen molar-refractivity contribution in [1.29, 1.82) is 0 Å². The van der Waals surface area contributed by atoms with Crippen molar-refractivity contribution in [2.75, 3.05) is 13.1 Å². The number of benzene rings is 1. The van der Waals surface area contributed by atoms with Crippen LogP contribution in [0.5, 0.6) is 0 Å². The fourth-order valence-electron chi connectivity index (χ4n) is 1.50. The van der Waals surface area contributed by atoms with Gasteiger partial charge in [-0.05, 0) is 17.7 Å². The summed E-state index contributed by atoms with van der Waals surface area (Å²) in [5.74, 6) is -0.354. The van der Waals surface area contributed by atoms with Crippen LogP contribution in [-0.2, 0) is 16.1 Å². The van der Waals surface area contributed by atoms with E-state index in [1.54, 1.807) is 18.2 Å². The Morgan fingerprint density at radius 1 is 1.37 bits per heavy atom. The van der Waals surface area contributed by atoms with Crippen molar-refractivity contribution in [3.8, 4) is 0 Å². The summed E-state index contributed by atoms with van der Waals surface area (Å²) >= 11 is 5.80. The highest BCUT2D eigenvalue weighted by Gasteiger charge is 2.13. The summed E-state index contributed by atoms with van der Waals surface area (Å²) in [4.78, 5) is 24.6. The lowest BCUT2D eigenvalue weighted by Crippen LogP contribution is -2.39. The number of nitrogens with one attached hydrogen (secondary N) is 1. The Bertz CT molecular complexity index is 457. The zero-order valence-corrected chi connectivity index (χ0v) is 11.6. The van der Waals surface area contributed by atoms with Crippen LogP contribution in [-0.4, -0.2) is 29.8 Å². The van der Waals surface area contributed by atoms with E-state index in [9.17, 15) is 9.59 Å². The van der Waals surface area contributed by atoms with E-state index in [1.807, 2.05) is 12.1 Å². The fourth-order valence-corrected chi connectivity index (χ4v) is 1.63. The highest BCUT2D eigenvalue weighted by molar-refractivity contribution is 6.30. The number of halogens is 1. The summed E-state index contributed by atoms with van der Waals surface area (Å²) in [6.45, 7) is 5.77. The highest BCUT2D eigenvalue weighted by Crippen LogP contribution is 2.11. The summed E-state index contributed by atoms with van der Waals surface area (Å²) < 4.78 is 0. The molecule has 0 saturated carbocycles.